The van der Waals surface area contributed by atoms with Crippen molar-refractivity contribution in [3.63, 3.8) is 0 Å². The zero-order valence-corrected chi connectivity index (χ0v) is 18.5. The van der Waals surface area contributed by atoms with E-state index < -0.39 is 6.04 Å². The van der Waals surface area contributed by atoms with Crippen LogP contribution in [0.1, 0.15) is 54.8 Å². The molecule has 2 aliphatic rings. The van der Waals surface area contributed by atoms with E-state index in [1.54, 1.807) is 18.3 Å². The minimum absolute atomic E-state index is 0.00484. The lowest BCUT2D eigenvalue weighted by molar-refractivity contribution is -0.131. The van der Waals surface area contributed by atoms with Crippen LogP contribution >= 0.6 is 11.6 Å². The molecule has 9 heteroatoms. The first-order valence-electron chi connectivity index (χ1n) is 10.8. The highest BCUT2D eigenvalue weighted by Gasteiger charge is 2.42. The molecule has 0 saturated carbocycles. The van der Waals surface area contributed by atoms with Crippen molar-refractivity contribution in [2.24, 2.45) is 0 Å². The van der Waals surface area contributed by atoms with Gasteiger partial charge in [-0.1, -0.05) is 18.0 Å². The summed E-state index contributed by atoms with van der Waals surface area (Å²) in [5.74, 6) is 0.130. The van der Waals surface area contributed by atoms with Crippen LogP contribution in [0.5, 0.6) is 0 Å². The summed E-state index contributed by atoms with van der Waals surface area (Å²) in [5, 5.41) is 0.478. The Morgan fingerprint density at radius 3 is 2.65 bits per heavy atom. The van der Waals surface area contributed by atoms with Gasteiger partial charge in [0.2, 0.25) is 5.91 Å². The van der Waals surface area contributed by atoms with Crippen molar-refractivity contribution in [2.75, 3.05) is 37.6 Å². The van der Waals surface area contributed by atoms with Crippen LogP contribution in [0.15, 0.2) is 30.7 Å². The van der Waals surface area contributed by atoms with Crippen LogP contribution in [0.25, 0.3) is 0 Å². The Hall–Kier alpha value is -2.58. The number of carbonyl (C=O) groups excluding carboxylic acids is 2. The maximum atomic E-state index is 13.2. The van der Waals surface area contributed by atoms with E-state index in [1.807, 2.05) is 11.8 Å². The maximum absolute atomic E-state index is 13.2. The number of amides is 2. The van der Waals surface area contributed by atoms with Gasteiger partial charge in [0.05, 0.1) is 23.2 Å². The van der Waals surface area contributed by atoms with Gasteiger partial charge < -0.3 is 9.80 Å². The highest BCUT2D eigenvalue weighted by molar-refractivity contribution is 6.30. The Labute approximate surface area is 187 Å². The summed E-state index contributed by atoms with van der Waals surface area (Å²) >= 11 is 5.97. The number of hydrogen-bond acceptors (Lipinski definition) is 6. The molecule has 31 heavy (non-hydrogen) atoms. The molecule has 0 N–H and O–H groups in total. The Kier molecular flexibility index (Phi) is 6.77. The van der Waals surface area contributed by atoms with Gasteiger partial charge in [0.15, 0.2) is 5.69 Å². The monoisotopic (exact) mass is 442 g/mol. The molecule has 0 bridgehead atoms. The molecule has 2 aliphatic heterocycles. The molecular formula is C22H27ClN6O2. The third kappa shape index (κ3) is 4.70. The van der Waals surface area contributed by atoms with Crippen LogP contribution in [0.2, 0.25) is 5.02 Å². The number of likely N-dealkylation sites (tertiary alicyclic amines) is 1. The summed E-state index contributed by atoms with van der Waals surface area (Å²) in [7, 11) is 0. The lowest BCUT2D eigenvalue weighted by atomic mass is 10.1. The van der Waals surface area contributed by atoms with Gasteiger partial charge in [0.25, 0.3) is 5.91 Å². The van der Waals surface area contributed by atoms with Gasteiger partial charge in [0.1, 0.15) is 5.82 Å². The summed E-state index contributed by atoms with van der Waals surface area (Å²) in [6, 6.07) is 2.82. The Morgan fingerprint density at radius 1 is 1.16 bits per heavy atom. The molecule has 8 nitrogen and oxygen atoms in total. The SMILES string of the molecule is CCN(CCN1CCCCC1)C(=O)C[C@@H]1c2nccnc2C(=O)N1c1ccc(Cl)cn1. The largest absolute Gasteiger partial charge is 0.342 e. The van der Waals surface area contributed by atoms with E-state index in [0.29, 0.717) is 29.6 Å². The second-order valence-corrected chi connectivity index (χ2v) is 8.33. The lowest BCUT2D eigenvalue weighted by Crippen LogP contribution is -2.41. The van der Waals surface area contributed by atoms with Crippen LogP contribution in [-0.2, 0) is 4.79 Å². The summed E-state index contributed by atoms with van der Waals surface area (Å²) in [5.41, 5.74) is 0.790. The molecule has 1 saturated heterocycles. The number of rotatable bonds is 7. The van der Waals surface area contributed by atoms with E-state index in [4.69, 9.17) is 11.6 Å². The van der Waals surface area contributed by atoms with E-state index in [1.165, 1.54) is 36.6 Å². The minimum Gasteiger partial charge on any atom is -0.342 e. The molecule has 1 fully saturated rings. The number of anilines is 1. The van der Waals surface area contributed by atoms with Gasteiger partial charge in [-0.2, -0.15) is 0 Å². The minimum atomic E-state index is -0.540. The number of nitrogens with zero attached hydrogens (tertiary/aromatic N) is 6. The standard InChI is InChI=1S/C22H27ClN6O2/c1-2-28(13-12-27-10-4-3-5-11-27)19(30)14-17-20-21(25-9-8-24-20)22(31)29(17)18-7-6-16(23)15-26-18/h6-9,15,17H,2-5,10-14H2,1H3/t17-/m1/s1. The smallest absolute Gasteiger partial charge is 0.280 e. The lowest BCUT2D eigenvalue weighted by Gasteiger charge is -2.31. The first-order valence-corrected chi connectivity index (χ1v) is 11.2. The Balaban J connectivity index is 1.52. The number of hydrogen-bond donors (Lipinski definition) is 0. The third-order valence-electron chi connectivity index (χ3n) is 5.97. The van der Waals surface area contributed by atoms with Crippen molar-refractivity contribution in [1.82, 2.24) is 24.8 Å². The molecule has 164 valence electrons. The van der Waals surface area contributed by atoms with E-state index in [9.17, 15) is 9.59 Å². The Bertz CT molecular complexity index is 932. The summed E-state index contributed by atoms with van der Waals surface area (Å²) in [4.78, 5) is 45.0. The predicted octanol–water partition coefficient (Wildman–Crippen LogP) is 2.95. The highest BCUT2D eigenvalue weighted by Crippen LogP contribution is 2.37. The number of piperidine rings is 1. The van der Waals surface area contributed by atoms with Crippen molar-refractivity contribution < 1.29 is 9.59 Å². The molecule has 0 radical (unpaired) electrons. The number of fused-ring (bicyclic) bond motifs is 1. The number of likely N-dealkylation sites (N-methyl/N-ethyl adjacent to an activating group) is 1. The Morgan fingerprint density at radius 2 is 1.94 bits per heavy atom. The molecule has 0 spiro atoms. The zero-order valence-electron chi connectivity index (χ0n) is 17.7. The van der Waals surface area contributed by atoms with Gasteiger partial charge >= 0.3 is 0 Å². The second-order valence-electron chi connectivity index (χ2n) is 7.90. The first-order chi connectivity index (χ1) is 15.1. The topological polar surface area (TPSA) is 82.5 Å². The van der Waals surface area contributed by atoms with E-state index >= 15 is 0 Å². The number of carbonyl (C=O) groups is 2. The molecule has 4 rings (SSSR count). The molecule has 0 unspecified atom stereocenters. The molecule has 2 aromatic heterocycles. The molecule has 0 aliphatic carbocycles. The van der Waals surface area contributed by atoms with E-state index in [2.05, 4.69) is 19.9 Å². The summed E-state index contributed by atoms with van der Waals surface area (Å²) in [6.07, 6.45) is 8.41. The van der Waals surface area contributed by atoms with Crippen LogP contribution < -0.4 is 4.90 Å². The molecule has 2 amide bonds. The fourth-order valence-electron chi connectivity index (χ4n) is 4.30. The third-order valence-corrected chi connectivity index (χ3v) is 6.19. The number of halogens is 1. The van der Waals surface area contributed by atoms with Crippen LogP contribution in [-0.4, -0.2) is 69.3 Å². The van der Waals surface area contributed by atoms with Gasteiger partial charge in [-0.25, -0.2) is 9.97 Å². The molecule has 2 aromatic rings. The van der Waals surface area contributed by atoms with Gasteiger partial charge in [-0.3, -0.25) is 19.5 Å². The van der Waals surface area contributed by atoms with Crippen LogP contribution in [0, 0.1) is 0 Å². The second kappa shape index (κ2) is 9.70. The zero-order chi connectivity index (χ0) is 21.8. The van der Waals surface area contributed by atoms with Gasteiger partial charge in [0, 0.05) is 38.2 Å². The molecule has 1 atom stereocenters. The van der Waals surface area contributed by atoms with Crippen LogP contribution in [0.3, 0.4) is 0 Å². The quantitative estimate of drug-likeness (QED) is 0.655. The predicted molar refractivity (Wildman–Crippen MR) is 118 cm³/mol. The fourth-order valence-corrected chi connectivity index (χ4v) is 4.41. The maximum Gasteiger partial charge on any atom is 0.280 e. The number of pyridine rings is 1. The highest BCUT2D eigenvalue weighted by atomic mass is 35.5. The number of aromatic nitrogens is 3. The fraction of sp³-hybridized carbons (Fsp3) is 0.500. The first kappa shape index (κ1) is 21.6. The normalized spacial score (nSPS) is 18.8. The summed E-state index contributed by atoms with van der Waals surface area (Å²) in [6.45, 7) is 6.37. The molecule has 4 heterocycles. The van der Waals surface area contributed by atoms with Crippen LogP contribution in [0.4, 0.5) is 5.82 Å². The average molecular weight is 443 g/mol. The van der Waals surface area contributed by atoms with E-state index in [-0.39, 0.29) is 23.9 Å². The van der Waals surface area contributed by atoms with Crippen molar-refractivity contribution >= 4 is 29.2 Å². The van der Waals surface area contributed by atoms with Crippen molar-refractivity contribution in [1.29, 1.82) is 0 Å². The molecule has 0 aromatic carbocycles. The molecular weight excluding hydrogens is 416 g/mol. The average Bonchev–Trinajstić information content (AvgIpc) is 3.07. The van der Waals surface area contributed by atoms with Crippen molar-refractivity contribution in [3.05, 3.63) is 47.1 Å². The summed E-state index contributed by atoms with van der Waals surface area (Å²) < 4.78 is 0. The van der Waals surface area contributed by atoms with Crippen molar-refractivity contribution in [3.8, 4) is 0 Å². The van der Waals surface area contributed by atoms with Crippen molar-refractivity contribution in [2.45, 2.75) is 38.6 Å². The van der Waals surface area contributed by atoms with Gasteiger partial charge in [-0.15, -0.1) is 0 Å². The van der Waals surface area contributed by atoms with E-state index in [0.717, 1.165) is 19.6 Å². The van der Waals surface area contributed by atoms with Gasteiger partial charge in [-0.05, 0) is 45.0 Å².